The fourth-order valence-electron chi connectivity index (χ4n) is 2.02. The van der Waals surface area contributed by atoms with E-state index in [-0.39, 0.29) is 5.78 Å². The van der Waals surface area contributed by atoms with Crippen LogP contribution < -0.4 is 0 Å². The van der Waals surface area contributed by atoms with Crippen LogP contribution in [-0.2, 0) is 6.54 Å². The van der Waals surface area contributed by atoms with Gasteiger partial charge >= 0.3 is 0 Å². The summed E-state index contributed by atoms with van der Waals surface area (Å²) in [6.07, 6.45) is 3.96. The summed E-state index contributed by atoms with van der Waals surface area (Å²) in [5.74, 6) is 0.129. The molecule has 0 unspecified atom stereocenters. The third kappa shape index (κ3) is 1.39. The van der Waals surface area contributed by atoms with Crippen molar-refractivity contribution in [2.75, 3.05) is 0 Å². The molecule has 0 amide bonds. The molecule has 1 aliphatic heterocycles. The maximum absolute atomic E-state index is 12.1. The Labute approximate surface area is 93.8 Å². The number of allylic oxidation sites excluding steroid dienone is 1. The normalized spacial score (nSPS) is 13.4. The second-order valence-electron chi connectivity index (χ2n) is 3.93. The topological polar surface area (TPSA) is 22.0 Å². The van der Waals surface area contributed by atoms with Crippen LogP contribution in [0.5, 0.6) is 0 Å². The average molecular weight is 209 g/mol. The first-order valence-electron chi connectivity index (χ1n) is 5.30. The molecule has 1 aliphatic rings. The Balaban J connectivity index is 1.92. The van der Waals surface area contributed by atoms with E-state index in [9.17, 15) is 4.79 Å². The predicted molar refractivity (Wildman–Crippen MR) is 63.2 cm³/mol. The molecule has 2 nitrogen and oxygen atoms in total. The van der Waals surface area contributed by atoms with Crippen molar-refractivity contribution in [2.24, 2.45) is 0 Å². The summed E-state index contributed by atoms with van der Waals surface area (Å²) < 4.78 is 2.08. The van der Waals surface area contributed by atoms with Gasteiger partial charge in [-0.2, -0.15) is 0 Å². The Morgan fingerprint density at radius 1 is 1.06 bits per heavy atom. The van der Waals surface area contributed by atoms with Gasteiger partial charge in [-0.1, -0.05) is 30.3 Å². The summed E-state index contributed by atoms with van der Waals surface area (Å²) >= 11 is 0. The first-order valence-corrected chi connectivity index (χ1v) is 5.30. The van der Waals surface area contributed by atoms with Crippen molar-refractivity contribution in [2.45, 2.75) is 6.54 Å². The van der Waals surface area contributed by atoms with Crippen LogP contribution in [0.1, 0.15) is 16.1 Å². The minimum Gasteiger partial charge on any atom is -0.343 e. The van der Waals surface area contributed by atoms with Gasteiger partial charge in [0, 0.05) is 23.0 Å². The molecule has 0 spiro atoms. The molecule has 2 heterocycles. The molecule has 1 aromatic carbocycles. The van der Waals surface area contributed by atoms with Gasteiger partial charge in [0.05, 0.1) is 6.54 Å². The van der Waals surface area contributed by atoms with E-state index >= 15 is 0 Å². The van der Waals surface area contributed by atoms with E-state index in [2.05, 4.69) is 4.57 Å². The lowest BCUT2D eigenvalue weighted by atomic mass is 10.0. The van der Waals surface area contributed by atoms with Gasteiger partial charge in [-0.25, -0.2) is 0 Å². The van der Waals surface area contributed by atoms with Crippen LogP contribution in [0.25, 0.3) is 6.08 Å². The van der Waals surface area contributed by atoms with Crippen molar-refractivity contribution in [3.05, 3.63) is 65.5 Å². The zero-order valence-electron chi connectivity index (χ0n) is 8.76. The number of benzene rings is 1. The summed E-state index contributed by atoms with van der Waals surface area (Å²) in [4.78, 5) is 12.1. The first-order chi connectivity index (χ1) is 7.84. The lowest BCUT2D eigenvalue weighted by molar-refractivity contribution is 0.103. The molecule has 0 saturated carbocycles. The minimum absolute atomic E-state index is 0.129. The Morgan fingerprint density at radius 2 is 1.88 bits per heavy atom. The van der Waals surface area contributed by atoms with E-state index in [1.54, 1.807) is 0 Å². The van der Waals surface area contributed by atoms with Crippen LogP contribution >= 0.6 is 0 Å². The number of fused-ring (bicyclic) bond motifs is 1. The highest BCUT2D eigenvalue weighted by Gasteiger charge is 2.18. The fraction of sp³-hybridized carbons (Fsp3) is 0.0714. The largest absolute Gasteiger partial charge is 0.343 e. The van der Waals surface area contributed by atoms with Gasteiger partial charge in [0.15, 0.2) is 5.78 Å². The maximum atomic E-state index is 12.1. The van der Waals surface area contributed by atoms with Gasteiger partial charge in [0.2, 0.25) is 0 Å². The van der Waals surface area contributed by atoms with Crippen LogP contribution in [0.2, 0.25) is 0 Å². The number of hydrogen-bond acceptors (Lipinski definition) is 1. The smallest absolute Gasteiger partial charge is 0.190 e. The van der Waals surface area contributed by atoms with Crippen LogP contribution in [0, 0.1) is 0 Å². The van der Waals surface area contributed by atoms with Crippen molar-refractivity contribution >= 4 is 11.9 Å². The number of carbonyl (C=O) groups excluding carboxylic acids is 1. The van der Waals surface area contributed by atoms with Crippen molar-refractivity contribution < 1.29 is 4.79 Å². The molecule has 78 valence electrons. The number of nitrogens with zero attached hydrogens (tertiary/aromatic N) is 1. The summed E-state index contributed by atoms with van der Waals surface area (Å²) in [5, 5.41) is 0. The quantitative estimate of drug-likeness (QED) is 0.697. The standard InChI is InChI=1S/C14H11NO/c16-14(11-5-2-1-3-6-11)12-9-13-7-4-8-15(13)10-12/h1-9H,10H2. The highest BCUT2D eigenvalue weighted by molar-refractivity contribution is 6.11. The van der Waals surface area contributed by atoms with Crippen molar-refractivity contribution in [3.8, 4) is 0 Å². The molecule has 3 rings (SSSR count). The molecule has 0 fully saturated rings. The molecule has 1 aromatic heterocycles. The van der Waals surface area contributed by atoms with E-state index in [4.69, 9.17) is 0 Å². The van der Waals surface area contributed by atoms with Crippen LogP contribution in [0.15, 0.2) is 54.2 Å². The predicted octanol–water partition coefficient (Wildman–Crippen LogP) is 2.77. The molecule has 0 bridgehead atoms. The summed E-state index contributed by atoms with van der Waals surface area (Å²) in [5.41, 5.74) is 2.74. The summed E-state index contributed by atoms with van der Waals surface area (Å²) in [6.45, 7) is 0.691. The van der Waals surface area contributed by atoms with Crippen LogP contribution in [0.3, 0.4) is 0 Å². The molecular weight excluding hydrogens is 198 g/mol. The Bertz CT molecular complexity index is 563. The monoisotopic (exact) mass is 209 g/mol. The molecule has 0 saturated heterocycles. The van der Waals surface area contributed by atoms with Gasteiger partial charge in [0.25, 0.3) is 0 Å². The molecule has 16 heavy (non-hydrogen) atoms. The van der Waals surface area contributed by atoms with Gasteiger partial charge in [-0.05, 0) is 18.2 Å². The molecule has 0 radical (unpaired) electrons. The van der Waals surface area contributed by atoms with Gasteiger partial charge < -0.3 is 4.57 Å². The Kier molecular flexibility index (Phi) is 2.00. The van der Waals surface area contributed by atoms with E-state index in [1.165, 1.54) is 0 Å². The second kappa shape index (κ2) is 3.49. The zero-order chi connectivity index (χ0) is 11.0. The number of aromatic nitrogens is 1. The van der Waals surface area contributed by atoms with Crippen LogP contribution in [0.4, 0.5) is 0 Å². The lowest BCUT2D eigenvalue weighted by Crippen LogP contribution is -2.05. The maximum Gasteiger partial charge on any atom is 0.190 e. The third-order valence-corrected chi connectivity index (χ3v) is 2.86. The van der Waals surface area contributed by atoms with Gasteiger partial charge in [0.1, 0.15) is 0 Å². The minimum atomic E-state index is 0.129. The van der Waals surface area contributed by atoms with E-state index in [0.29, 0.717) is 6.54 Å². The SMILES string of the molecule is O=C(C1=Cc2cccn2C1)c1ccccc1. The fourth-order valence-corrected chi connectivity index (χ4v) is 2.02. The summed E-state index contributed by atoms with van der Waals surface area (Å²) in [6, 6.07) is 13.4. The molecule has 2 aromatic rings. The number of carbonyl (C=O) groups is 1. The van der Waals surface area contributed by atoms with E-state index in [0.717, 1.165) is 16.8 Å². The molecule has 2 heteroatoms. The second-order valence-corrected chi connectivity index (χ2v) is 3.93. The highest BCUT2D eigenvalue weighted by atomic mass is 16.1. The number of rotatable bonds is 2. The Hall–Kier alpha value is -2.09. The van der Waals surface area contributed by atoms with E-state index in [1.807, 2.05) is 54.7 Å². The van der Waals surface area contributed by atoms with E-state index < -0.39 is 0 Å². The molecule has 0 atom stereocenters. The van der Waals surface area contributed by atoms with Crippen molar-refractivity contribution in [1.82, 2.24) is 4.57 Å². The third-order valence-electron chi connectivity index (χ3n) is 2.86. The van der Waals surface area contributed by atoms with Crippen molar-refractivity contribution in [3.63, 3.8) is 0 Å². The Morgan fingerprint density at radius 3 is 2.62 bits per heavy atom. The first kappa shape index (κ1) is 9.16. The van der Waals surface area contributed by atoms with Crippen molar-refractivity contribution in [1.29, 1.82) is 0 Å². The number of hydrogen-bond donors (Lipinski definition) is 0. The number of ketones is 1. The number of Topliss-reactive ketones (excluding diaryl/α,β-unsaturated/α-hetero) is 1. The molecule has 0 aliphatic carbocycles. The van der Waals surface area contributed by atoms with Gasteiger partial charge in [-0.15, -0.1) is 0 Å². The molecular formula is C14H11NO. The lowest BCUT2D eigenvalue weighted by Gasteiger charge is -2.02. The zero-order valence-corrected chi connectivity index (χ0v) is 8.76. The highest BCUT2D eigenvalue weighted by Crippen LogP contribution is 2.21. The molecule has 0 N–H and O–H groups in total. The van der Waals surface area contributed by atoms with Gasteiger partial charge in [-0.3, -0.25) is 4.79 Å². The summed E-state index contributed by atoms with van der Waals surface area (Å²) in [7, 11) is 0. The average Bonchev–Trinajstić information content (AvgIpc) is 2.89. The van der Waals surface area contributed by atoms with Crippen LogP contribution in [-0.4, -0.2) is 10.4 Å².